The number of hydrogen-bond donors (Lipinski definition) is 2. The third-order valence-corrected chi connectivity index (χ3v) is 4.50. The van der Waals surface area contributed by atoms with E-state index in [1.54, 1.807) is 12.1 Å². The fraction of sp³-hybridized carbons (Fsp3) is 0.421. The van der Waals surface area contributed by atoms with Gasteiger partial charge in [-0.25, -0.2) is 4.39 Å². The molecule has 25 heavy (non-hydrogen) atoms. The molecule has 1 aliphatic carbocycles. The van der Waals surface area contributed by atoms with Crippen molar-refractivity contribution in [1.82, 2.24) is 15.2 Å². The zero-order valence-electron chi connectivity index (χ0n) is 14.5. The first-order valence-corrected chi connectivity index (χ1v) is 8.61. The largest absolute Gasteiger partial charge is 0.357 e. The van der Waals surface area contributed by atoms with E-state index in [-0.39, 0.29) is 35.2 Å². The average Bonchev–Trinajstić information content (AvgIpc) is 3.20. The van der Waals surface area contributed by atoms with Crippen LogP contribution in [0.3, 0.4) is 0 Å². The molecule has 0 radical (unpaired) electrons. The zero-order chi connectivity index (χ0) is 16.8. The van der Waals surface area contributed by atoms with Crippen LogP contribution in [0.2, 0.25) is 0 Å². The predicted molar refractivity (Wildman–Crippen MR) is 111 cm³/mol. The van der Waals surface area contributed by atoms with Gasteiger partial charge in [0.25, 0.3) is 0 Å². The van der Waals surface area contributed by atoms with Crippen molar-refractivity contribution in [3.63, 3.8) is 0 Å². The lowest BCUT2D eigenvalue weighted by Gasteiger charge is -2.16. The Kier molecular flexibility index (Phi) is 7.28. The highest BCUT2D eigenvalue weighted by atomic mass is 127. The standard InChI is InChI=1S/C19H25FN4.HI/c1-2-21-18(22-10-13-24-11-3-4-12-24)23-15-19(8-9-19)16-6-5-7-17(20)14-16;/h3-7,11-12,14H,2,8-10,13,15H2,1H3,(H2,21,22,23);1H. The smallest absolute Gasteiger partial charge is 0.191 e. The van der Waals surface area contributed by atoms with E-state index >= 15 is 0 Å². The first-order valence-electron chi connectivity index (χ1n) is 8.61. The number of hydrogen-bond acceptors (Lipinski definition) is 1. The molecule has 0 unspecified atom stereocenters. The summed E-state index contributed by atoms with van der Waals surface area (Å²) in [6.07, 6.45) is 6.25. The van der Waals surface area contributed by atoms with Gasteiger partial charge >= 0.3 is 0 Å². The normalized spacial score (nSPS) is 15.4. The molecule has 0 atom stereocenters. The molecule has 2 aromatic rings. The van der Waals surface area contributed by atoms with E-state index in [4.69, 9.17) is 4.99 Å². The number of aliphatic imine (C=N–C) groups is 1. The van der Waals surface area contributed by atoms with Gasteiger partial charge in [0.1, 0.15) is 5.82 Å². The van der Waals surface area contributed by atoms with Gasteiger partial charge in [0.15, 0.2) is 5.96 Å². The third-order valence-electron chi connectivity index (χ3n) is 4.50. The number of halogens is 2. The minimum absolute atomic E-state index is 0. The maximum Gasteiger partial charge on any atom is 0.191 e. The summed E-state index contributed by atoms with van der Waals surface area (Å²) < 4.78 is 15.6. The van der Waals surface area contributed by atoms with Crippen LogP contribution in [0.5, 0.6) is 0 Å². The van der Waals surface area contributed by atoms with E-state index in [1.165, 1.54) is 6.07 Å². The number of nitrogens with zero attached hydrogens (tertiary/aromatic N) is 2. The Hall–Kier alpha value is -1.57. The Morgan fingerprint density at radius 2 is 1.96 bits per heavy atom. The number of aromatic nitrogens is 1. The van der Waals surface area contributed by atoms with Crippen molar-refractivity contribution in [1.29, 1.82) is 0 Å². The van der Waals surface area contributed by atoms with Crippen LogP contribution in [0.15, 0.2) is 53.8 Å². The molecule has 1 aromatic heterocycles. The monoisotopic (exact) mass is 456 g/mol. The molecular weight excluding hydrogens is 430 g/mol. The van der Waals surface area contributed by atoms with E-state index in [2.05, 4.69) is 34.5 Å². The quantitative estimate of drug-likeness (QED) is 0.380. The van der Waals surface area contributed by atoms with Crippen molar-refractivity contribution < 1.29 is 4.39 Å². The summed E-state index contributed by atoms with van der Waals surface area (Å²) in [5.41, 5.74) is 1.08. The summed E-state index contributed by atoms with van der Waals surface area (Å²) in [6.45, 7) is 5.28. The van der Waals surface area contributed by atoms with Crippen LogP contribution in [0.4, 0.5) is 4.39 Å². The van der Waals surface area contributed by atoms with Crippen molar-refractivity contribution in [2.24, 2.45) is 4.99 Å². The molecule has 3 rings (SSSR count). The number of benzene rings is 1. The molecular formula is C19H26FIN4. The van der Waals surface area contributed by atoms with Gasteiger partial charge in [-0.3, -0.25) is 4.99 Å². The summed E-state index contributed by atoms with van der Waals surface area (Å²) in [5, 5.41) is 6.65. The predicted octanol–water partition coefficient (Wildman–Crippen LogP) is 3.53. The average molecular weight is 456 g/mol. The van der Waals surface area contributed by atoms with Crippen molar-refractivity contribution >= 4 is 29.9 Å². The Labute approximate surface area is 165 Å². The Bertz CT molecular complexity index is 680. The van der Waals surface area contributed by atoms with E-state index in [9.17, 15) is 4.39 Å². The van der Waals surface area contributed by atoms with Gasteiger partial charge in [-0.2, -0.15) is 0 Å². The van der Waals surface area contributed by atoms with Gasteiger partial charge in [-0.1, -0.05) is 12.1 Å². The fourth-order valence-electron chi connectivity index (χ4n) is 2.90. The van der Waals surface area contributed by atoms with Gasteiger partial charge in [0.05, 0.1) is 6.54 Å². The van der Waals surface area contributed by atoms with E-state index in [1.807, 2.05) is 18.2 Å². The SMILES string of the molecule is CCNC(=NCC1(c2cccc(F)c2)CC1)NCCn1cccc1.I. The highest BCUT2D eigenvalue weighted by Gasteiger charge is 2.44. The van der Waals surface area contributed by atoms with Crippen molar-refractivity contribution in [3.05, 3.63) is 60.2 Å². The summed E-state index contributed by atoms with van der Waals surface area (Å²) in [5.74, 6) is 0.659. The van der Waals surface area contributed by atoms with E-state index in [0.717, 1.165) is 44.0 Å². The molecule has 1 heterocycles. The maximum absolute atomic E-state index is 13.5. The van der Waals surface area contributed by atoms with Crippen molar-refractivity contribution in [2.75, 3.05) is 19.6 Å². The van der Waals surface area contributed by atoms with Crippen LogP contribution < -0.4 is 10.6 Å². The second-order valence-corrected chi connectivity index (χ2v) is 6.33. The van der Waals surface area contributed by atoms with E-state index < -0.39 is 0 Å². The molecule has 0 bridgehead atoms. The lowest BCUT2D eigenvalue weighted by molar-refractivity contribution is 0.615. The first kappa shape index (κ1) is 19.8. The molecule has 6 heteroatoms. The molecule has 1 aromatic carbocycles. The van der Waals surface area contributed by atoms with Crippen molar-refractivity contribution in [3.8, 4) is 0 Å². The number of rotatable bonds is 7. The first-order chi connectivity index (χ1) is 11.7. The van der Waals surface area contributed by atoms with Crippen LogP contribution in [0.1, 0.15) is 25.3 Å². The number of guanidine groups is 1. The second kappa shape index (κ2) is 9.22. The van der Waals surface area contributed by atoms with Gasteiger partial charge in [-0.15, -0.1) is 24.0 Å². The molecule has 0 saturated heterocycles. The van der Waals surface area contributed by atoms with Gasteiger partial charge in [0.2, 0.25) is 0 Å². The summed E-state index contributed by atoms with van der Waals surface area (Å²) >= 11 is 0. The molecule has 2 N–H and O–H groups in total. The Morgan fingerprint density at radius 1 is 1.20 bits per heavy atom. The summed E-state index contributed by atoms with van der Waals surface area (Å²) in [4.78, 5) is 4.74. The topological polar surface area (TPSA) is 41.4 Å². The summed E-state index contributed by atoms with van der Waals surface area (Å²) in [7, 11) is 0. The van der Waals surface area contributed by atoms with Crippen LogP contribution >= 0.6 is 24.0 Å². The highest BCUT2D eigenvalue weighted by molar-refractivity contribution is 14.0. The maximum atomic E-state index is 13.5. The fourth-order valence-corrected chi connectivity index (χ4v) is 2.90. The molecule has 1 aliphatic rings. The van der Waals surface area contributed by atoms with Crippen LogP contribution in [0.25, 0.3) is 0 Å². The Morgan fingerprint density at radius 3 is 2.60 bits per heavy atom. The van der Waals surface area contributed by atoms with Gasteiger partial charge < -0.3 is 15.2 Å². The summed E-state index contributed by atoms with van der Waals surface area (Å²) in [6, 6.07) is 11.0. The minimum atomic E-state index is -0.167. The second-order valence-electron chi connectivity index (χ2n) is 6.33. The van der Waals surface area contributed by atoms with Crippen LogP contribution in [-0.2, 0) is 12.0 Å². The van der Waals surface area contributed by atoms with E-state index in [0.29, 0.717) is 6.54 Å². The number of nitrogens with one attached hydrogen (secondary N) is 2. The third kappa shape index (κ3) is 5.45. The van der Waals surface area contributed by atoms with Crippen LogP contribution in [-0.4, -0.2) is 30.2 Å². The van der Waals surface area contributed by atoms with Crippen LogP contribution in [0, 0.1) is 5.82 Å². The highest BCUT2D eigenvalue weighted by Crippen LogP contribution is 2.48. The molecule has 0 aliphatic heterocycles. The lowest BCUT2D eigenvalue weighted by atomic mass is 9.96. The van der Waals surface area contributed by atoms with Gasteiger partial charge in [0, 0.05) is 37.4 Å². The molecule has 0 amide bonds. The molecule has 1 fully saturated rings. The molecule has 4 nitrogen and oxygen atoms in total. The molecule has 0 spiro atoms. The molecule has 136 valence electrons. The lowest BCUT2D eigenvalue weighted by Crippen LogP contribution is -2.39. The Balaban J connectivity index is 0.00000225. The zero-order valence-corrected chi connectivity index (χ0v) is 16.9. The van der Waals surface area contributed by atoms with Gasteiger partial charge in [-0.05, 0) is 49.6 Å². The van der Waals surface area contributed by atoms with Crippen molar-refractivity contribution in [2.45, 2.75) is 31.7 Å². The minimum Gasteiger partial charge on any atom is -0.357 e. The molecule has 1 saturated carbocycles.